The van der Waals surface area contributed by atoms with Gasteiger partial charge >= 0.3 is 5.97 Å². The zero-order chi connectivity index (χ0) is 24.5. The molecule has 1 saturated heterocycles. The summed E-state index contributed by atoms with van der Waals surface area (Å²) in [6.07, 6.45) is 1.71. The third-order valence-electron chi connectivity index (χ3n) is 5.80. The van der Waals surface area contributed by atoms with Crippen LogP contribution in [-0.2, 0) is 14.3 Å². The fourth-order valence-corrected chi connectivity index (χ4v) is 5.28. The smallest absolute Gasteiger partial charge is 0.338 e. The van der Waals surface area contributed by atoms with Crippen LogP contribution >= 0.6 is 27.3 Å². The number of halogens is 2. The van der Waals surface area contributed by atoms with Crippen LogP contribution in [0.3, 0.4) is 0 Å². The average molecular weight is 551 g/mol. The van der Waals surface area contributed by atoms with Crippen molar-refractivity contribution >= 4 is 39.1 Å². The number of amidine groups is 1. The highest BCUT2D eigenvalue weighted by Gasteiger charge is 2.37. The summed E-state index contributed by atoms with van der Waals surface area (Å²) < 4.78 is 25.8. The van der Waals surface area contributed by atoms with Gasteiger partial charge in [-0.15, -0.1) is 11.3 Å². The Morgan fingerprint density at radius 1 is 1.44 bits per heavy atom. The first-order valence-corrected chi connectivity index (χ1v) is 12.8. The monoisotopic (exact) mass is 550 g/mol. The lowest BCUT2D eigenvalue weighted by atomic mass is 9.94. The van der Waals surface area contributed by atoms with Crippen LogP contribution in [0, 0.1) is 5.82 Å². The summed E-state index contributed by atoms with van der Waals surface area (Å²) in [5.74, 6) is -0.257. The molecule has 0 aliphatic carbocycles. The third kappa shape index (κ3) is 5.40. The zero-order valence-electron chi connectivity index (χ0n) is 19.6. The van der Waals surface area contributed by atoms with Gasteiger partial charge in [0, 0.05) is 40.9 Å². The molecule has 1 aromatic carbocycles. The molecule has 10 heteroatoms. The topological polar surface area (TPSA) is 76.0 Å². The van der Waals surface area contributed by atoms with E-state index in [2.05, 4.69) is 51.9 Å². The van der Waals surface area contributed by atoms with Crippen LogP contribution in [-0.4, -0.2) is 59.6 Å². The number of hydrogen-bond acceptors (Lipinski definition) is 8. The van der Waals surface area contributed by atoms with Crippen LogP contribution in [0.2, 0.25) is 0 Å². The molecule has 2 aliphatic rings. The fraction of sp³-hybridized carbons (Fsp3) is 0.458. The van der Waals surface area contributed by atoms with Gasteiger partial charge in [0.2, 0.25) is 0 Å². The molecular formula is C24H28BrFN4O3S. The summed E-state index contributed by atoms with van der Waals surface area (Å²) >= 11 is 4.92. The number of thiazole rings is 1. The number of carbonyl (C=O) groups is 1. The predicted octanol–water partition coefficient (Wildman–Crippen LogP) is 4.45. The van der Waals surface area contributed by atoms with E-state index in [-0.39, 0.29) is 24.1 Å². The summed E-state index contributed by atoms with van der Waals surface area (Å²) in [5.41, 5.74) is 1.47. The standard InChI is InChI=1S/C24H28BrFN4O3S/c1-5-32-23(31)19-18(11-30-13-24(3,4)33-12-14(30)2)28-21(22-27-8-9-34-22)29-20(19)16-7-6-15(26)10-17(16)25/h6-10,14,20H,5,11-13H2,1-4H3,(H,28,29)/t14-,20?/m1/s1. The number of nitrogens with one attached hydrogen (secondary N) is 1. The van der Waals surface area contributed by atoms with Crippen molar-refractivity contribution in [3.8, 4) is 0 Å². The summed E-state index contributed by atoms with van der Waals surface area (Å²) in [7, 11) is 0. The van der Waals surface area contributed by atoms with Crippen LogP contribution in [0.25, 0.3) is 0 Å². The maximum Gasteiger partial charge on any atom is 0.338 e. The number of aromatic nitrogens is 1. The highest BCUT2D eigenvalue weighted by atomic mass is 79.9. The Balaban J connectivity index is 1.83. The summed E-state index contributed by atoms with van der Waals surface area (Å²) in [6, 6.07) is 3.87. The van der Waals surface area contributed by atoms with Crippen LogP contribution in [0.5, 0.6) is 0 Å². The Kier molecular flexibility index (Phi) is 7.51. The predicted molar refractivity (Wildman–Crippen MR) is 133 cm³/mol. The van der Waals surface area contributed by atoms with Crippen molar-refractivity contribution in [2.75, 3.05) is 26.3 Å². The van der Waals surface area contributed by atoms with Crippen molar-refractivity contribution in [3.63, 3.8) is 0 Å². The first-order chi connectivity index (χ1) is 16.2. The van der Waals surface area contributed by atoms with E-state index >= 15 is 0 Å². The number of aliphatic imine (C=N–C) groups is 1. The molecule has 0 amide bonds. The van der Waals surface area contributed by atoms with E-state index in [0.717, 1.165) is 0 Å². The molecule has 0 spiro atoms. The summed E-state index contributed by atoms with van der Waals surface area (Å²) in [6.45, 7) is 9.99. The Morgan fingerprint density at radius 3 is 2.91 bits per heavy atom. The Morgan fingerprint density at radius 2 is 2.24 bits per heavy atom. The molecular weight excluding hydrogens is 523 g/mol. The molecule has 34 heavy (non-hydrogen) atoms. The maximum absolute atomic E-state index is 13.9. The van der Waals surface area contributed by atoms with E-state index in [9.17, 15) is 9.18 Å². The van der Waals surface area contributed by atoms with E-state index in [1.807, 2.05) is 5.38 Å². The molecule has 2 aliphatic heterocycles. The van der Waals surface area contributed by atoms with Gasteiger partial charge in [-0.2, -0.15) is 0 Å². The van der Waals surface area contributed by atoms with Gasteiger partial charge in [0.15, 0.2) is 10.8 Å². The number of esters is 1. The lowest BCUT2D eigenvalue weighted by molar-refractivity contribution is -0.139. The lowest BCUT2D eigenvalue weighted by Crippen LogP contribution is -2.54. The number of nitrogens with zero attached hydrogens (tertiary/aromatic N) is 3. The molecule has 0 bridgehead atoms. The fourth-order valence-electron chi connectivity index (χ4n) is 4.12. The number of carbonyl (C=O) groups excluding carboxylic acids is 1. The van der Waals surface area contributed by atoms with Gasteiger partial charge in [0.25, 0.3) is 0 Å². The van der Waals surface area contributed by atoms with Crippen molar-refractivity contribution in [1.29, 1.82) is 0 Å². The molecule has 1 aromatic heterocycles. The third-order valence-corrected chi connectivity index (χ3v) is 7.26. The summed E-state index contributed by atoms with van der Waals surface area (Å²) in [5, 5.41) is 5.96. The Bertz CT molecular complexity index is 1120. The number of hydrogen-bond donors (Lipinski definition) is 1. The van der Waals surface area contributed by atoms with E-state index in [0.29, 0.717) is 51.8 Å². The molecule has 3 heterocycles. The molecule has 182 valence electrons. The van der Waals surface area contributed by atoms with Crippen molar-refractivity contribution < 1.29 is 18.7 Å². The van der Waals surface area contributed by atoms with Gasteiger partial charge in [-0.1, -0.05) is 22.0 Å². The number of benzene rings is 1. The van der Waals surface area contributed by atoms with Gasteiger partial charge in [-0.05, 0) is 45.4 Å². The normalized spacial score (nSPS) is 22.8. The quantitative estimate of drug-likeness (QED) is 0.535. The minimum absolute atomic E-state index is 0.156. The molecule has 1 N–H and O–H groups in total. The molecule has 1 fully saturated rings. The average Bonchev–Trinajstić information content (AvgIpc) is 3.31. The molecule has 1 unspecified atom stereocenters. The SMILES string of the molecule is CCOC(=O)C1=C(CN2CC(C)(C)OC[C@H]2C)NC(c2nccs2)=NC1c1ccc(F)cc1Br. The largest absolute Gasteiger partial charge is 0.463 e. The minimum atomic E-state index is -0.687. The van der Waals surface area contributed by atoms with Gasteiger partial charge in [-0.3, -0.25) is 9.89 Å². The molecule has 2 aromatic rings. The minimum Gasteiger partial charge on any atom is -0.463 e. The molecule has 7 nitrogen and oxygen atoms in total. The lowest BCUT2D eigenvalue weighted by Gasteiger charge is -2.43. The molecule has 0 saturated carbocycles. The van der Waals surface area contributed by atoms with Crippen molar-refractivity contribution in [2.45, 2.75) is 45.4 Å². The number of rotatable bonds is 6. The van der Waals surface area contributed by atoms with E-state index in [4.69, 9.17) is 14.5 Å². The van der Waals surface area contributed by atoms with Gasteiger partial charge in [0.1, 0.15) is 11.9 Å². The van der Waals surface area contributed by atoms with Crippen LogP contribution in [0.1, 0.15) is 44.3 Å². The molecule has 2 atom stereocenters. The first-order valence-electron chi connectivity index (χ1n) is 11.2. The second kappa shape index (κ2) is 10.2. The Hall–Kier alpha value is -2.14. The van der Waals surface area contributed by atoms with Crippen molar-refractivity contribution in [2.24, 2.45) is 4.99 Å². The zero-order valence-corrected chi connectivity index (χ0v) is 22.0. The van der Waals surface area contributed by atoms with Crippen molar-refractivity contribution in [3.05, 3.63) is 61.9 Å². The van der Waals surface area contributed by atoms with E-state index in [1.54, 1.807) is 19.2 Å². The van der Waals surface area contributed by atoms with Crippen LogP contribution in [0.15, 0.2) is 50.5 Å². The van der Waals surface area contributed by atoms with Gasteiger partial charge < -0.3 is 14.8 Å². The number of ether oxygens (including phenoxy) is 2. The van der Waals surface area contributed by atoms with Crippen LogP contribution < -0.4 is 5.32 Å². The van der Waals surface area contributed by atoms with Gasteiger partial charge in [-0.25, -0.2) is 14.2 Å². The first kappa shape index (κ1) is 25.0. The highest BCUT2D eigenvalue weighted by molar-refractivity contribution is 9.10. The van der Waals surface area contributed by atoms with E-state index in [1.165, 1.54) is 23.5 Å². The van der Waals surface area contributed by atoms with Crippen LogP contribution in [0.4, 0.5) is 4.39 Å². The maximum atomic E-state index is 13.9. The number of morpholine rings is 1. The summed E-state index contributed by atoms with van der Waals surface area (Å²) in [4.78, 5) is 24.8. The van der Waals surface area contributed by atoms with E-state index < -0.39 is 12.0 Å². The molecule has 0 radical (unpaired) electrons. The van der Waals surface area contributed by atoms with Gasteiger partial charge in [0.05, 0.1) is 24.4 Å². The second-order valence-electron chi connectivity index (χ2n) is 8.95. The van der Waals surface area contributed by atoms with Crippen molar-refractivity contribution in [1.82, 2.24) is 15.2 Å². The molecule has 4 rings (SSSR count). The Labute approximate surface area is 211 Å². The highest BCUT2D eigenvalue weighted by Crippen LogP contribution is 2.37. The second-order valence-corrected chi connectivity index (χ2v) is 10.7.